The number of piperidine rings is 1. The van der Waals surface area contributed by atoms with Gasteiger partial charge in [0.15, 0.2) is 0 Å². The average molecular weight is 500 g/mol. The topological polar surface area (TPSA) is 86.6 Å². The van der Waals surface area contributed by atoms with Crippen molar-refractivity contribution in [2.75, 3.05) is 0 Å². The normalized spacial score (nSPS) is 20.8. The molecule has 1 saturated heterocycles. The van der Waals surface area contributed by atoms with Crippen molar-refractivity contribution in [2.45, 2.75) is 52.2 Å². The van der Waals surface area contributed by atoms with Crippen LogP contribution < -0.4 is 5.32 Å². The molecule has 0 aromatic carbocycles. The Kier molecular flexibility index (Phi) is 7.61. The number of rotatable bonds is 4. The van der Waals surface area contributed by atoms with Crippen molar-refractivity contribution in [3.63, 3.8) is 0 Å². The van der Waals surface area contributed by atoms with E-state index in [2.05, 4.69) is 16.7 Å². The smallest absolute Gasteiger partial charge is 0.699 e. The van der Waals surface area contributed by atoms with Gasteiger partial charge in [0, 0.05) is 12.2 Å². The Hall–Kier alpha value is -1.68. The first-order valence-corrected chi connectivity index (χ1v) is 7.62. The molecule has 6 nitrogen and oxygen atoms in total. The summed E-state index contributed by atoms with van der Waals surface area (Å²) in [4.78, 5) is 35.3. The van der Waals surface area contributed by atoms with Crippen molar-refractivity contribution in [1.29, 1.82) is 0 Å². The maximum atomic E-state index is 12.5. The quantitative estimate of drug-likeness (QED) is 0.474. The molecule has 128 valence electrons. The third kappa shape index (κ3) is 5.44. The van der Waals surface area contributed by atoms with Crippen LogP contribution in [0.3, 0.4) is 0 Å². The van der Waals surface area contributed by atoms with Gasteiger partial charge >= 0.3 is 21.1 Å². The molecule has 3 amide bonds. The van der Waals surface area contributed by atoms with Crippen molar-refractivity contribution in [2.24, 2.45) is 0 Å². The third-order valence-electron chi connectivity index (χ3n) is 3.35. The molecule has 1 fully saturated rings. The molecule has 0 aromatic heterocycles. The van der Waals surface area contributed by atoms with Crippen LogP contribution in [-0.2, 0) is 40.2 Å². The van der Waals surface area contributed by atoms with Gasteiger partial charge in [-0.3, -0.25) is 14.9 Å². The van der Waals surface area contributed by atoms with Gasteiger partial charge in [-0.25, -0.2) is 0 Å². The van der Waals surface area contributed by atoms with E-state index in [9.17, 15) is 14.4 Å². The molecule has 0 aromatic rings. The molecule has 0 radical (unpaired) electrons. The zero-order valence-electron chi connectivity index (χ0n) is 13.9. The largest absolute Gasteiger partial charge is 2.00 e. The molecule has 2 rings (SSSR count). The van der Waals surface area contributed by atoms with Crippen LogP contribution in [0.1, 0.15) is 40.0 Å². The minimum absolute atomic E-state index is 0. The summed E-state index contributed by atoms with van der Waals surface area (Å²) in [6.07, 6.45) is 7.44. The fourth-order valence-electron chi connectivity index (χ4n) is 2.27. The van der Waals surface area contributed by atoms with Crippen molar-refractivity contribution in [1.82, 2.24) is 5.32 Å². The number of allylic oxidation sites excluding steroid dienone is 3. The van der Waals surface area contributed by atoms with E-state index in [0.717, 1.165) is 5.57 Å². The van der Waals surface area contributed by atoms with E-state index in [4.69, 9.17) is 4.74 Å². The molecular weight excluding hydrogens is 480 g/mol. The zero-order chi connectivity index (χ0) is 17.0. The minimum atomic E-state index is -0.844. The summed E-state index contributed by atoms with van der Waals surface area (Å²) >= 11 is 0. The molecule has 1 aliphatic heterocycles. The van der Waals surface area contributed by atoms with E-state index in [1.54, 1.807) is 12.2 Å². The standard InChI is InChI=1S/C17H21N2O4.W/c1-10(2)23-14-9-11(3)5-4-6-12(14)16(21)18-13-7-8-15(20)19-17(13)22;/h4,9-10,13H,5,7-8H2,1-3H3,(H2,18,19,20,21,22);/q-1;+2/p-1. The molecule has 1 N–H and O–H groups in total. The first-order valence-electron chi connectivity index (χ1n) is 7.62. The summed E-state index contributed by atoms with van der Waals surface area (Å²) in [6, 6.07) is -0.844. The maximum Gasteiger partial charge on any atom is 2.00 e. The molecule has 7 heteroatoms. The molecule has 1 unspecified atom stereocenters. The monoisotopic (exact) mass is 500 g/mol. The molecule has 0 spiro atoms. The number of hydrogen-bond acceptors (Lipinski definition) is 4. The van der Waals surface area contributed by atoms with E-state index in [-0.39, 0.29) is 51.5 Å². The maximum absolute atomic E-state index is 12.5. The Bertz CT molecular complexity index is 620. The molecule has 0 bridgehead atoms. The molecule has 1 aliphatic carbocycles. The summed E-state index contributed by atoms with van der Waals surface area (Å²) in [5.74, 6) is -1.02. The second-order valence-electron chi connectivity index (χ2n) is 5.85. The second kappa shape index (κ2) is 8.97. The Labute approximate surface area is 156 Å². The van der Waals surface area contributed by atoms with Gasteiger partial charge in [-0.05, 0) is 45.6 Å². The third-order valence-corrected chi connectivity index (χ3v) is 3.35. The zero-order valence-corrected chi connectivity index (χ0v) is 16.9. The van der Waals surface area contributed by atoms with Gasteiger partial charge < -0.3 is 14.8 Å². The Morgan fingerprint density at radius 3 is 2.75 bits per heavy atom. The Morgan fingerprint density at radius 1 is 1.42 bits per heavy atom. The Morgan fingerprint density at radius 2 is 2.12 bits per heavy atom. The number of imide groups is 1. The van der Waals surface area contributed by atoms with Gasteiger partial charge in [0.05, 0.1) is 6.10 Å². The molecule has 2 aliphatic rings. The van der Waals surface area contributed by atoms with Crippen molar-refractivity contribution in [3.8, 4) is 0 Å². The summed E-state index contributed by atoms with van der Waals surface area (Å²) < 4.78 is 5.69. The number of carbonyl (C=O) groups excluding carboxylic acids is 3. The second-order valence-corrected chi connectivity index (χ2v) is 5.85. The van der Waals surface area contributed by atoms with Crippen LogP contribution in [0.2, 0.25) is 0 Å². The van der Waals surface area contributed by atoms with E-state index < -0.39 is 17.9 Å². The fraction of sp³-hybridized carbons (Fsp3) is 0.471. The number of nitrogens with one attached hydrogen (secondary N) is 1. The van der Waals surface area contributed by atoms with E-state index >= 15 is 0 Å². The van der Waals surface area contributed by atoms with Gasteiger partial charge in [0.2, 0.25) is 11.8 Å². The number of ether oxygens (including phenoxy) is 1. The Balaban J connectivity index is 0.00000288. The first kappa shape index (κ1) is 20.4. The summed E-state index contributed by atoms with van der Waals surface area (Å²) in [5.41, 5.74) is 1.25. The van der Waals surface area contributed by atoms with E-state index in [1.165, 1.54) is 0 Å². The first-order chi connectivity index (χ1) is 10.9. The van der Waals surface area contributed by atoms with Crippen LogP contribution in [0.4, 0.5) is 0 Å². The number of nitrogens with zero attached hydrogens (tertiary/aromatic N) is 1. The van der Waals surface area contributed by atoms with Crippen LogP contribution in [0.15, 0.2) is 29.1 Å². The van der Waals surface area contributed by atoms with E-state index in [0.29, 0.717) is 12.2 Å². The van der Waals surface area contributed by atoms with Crippen molar-refractivity contribution >= 4 is 17.7 Å². The van der Waals surface area contributed by atoms with Crippen LogP contribution in [0, 0.1) is 6.08 Å². The van der Waals surface area contributed by atoms with Gasteiger partial charge in [-0.2, -0.15) is 6.08 Å². The van der Waals surface area contributed by atoms with Crippen LogP contribution in [0.25, 0.3) is 5.32 Å². The summed E-state index contributed by atoms with van der Waals surface area (Å²) in [5, 5.41) is 6.14. The van der Waals surface area contributed by atoms with Gasteiger partial charge in [0.25, 0.3) is 0 Å². The van der Waals surface area contributed by atoms with Gasteiger partial charge in [0.1, 0.15) is 0 Å². The SMILES string of the molecule is CC1=CC(OC(C)C)=C(C(=O)[N-]C2CCC(=O)NC2=O)[C-]=CC1.[W+2]. The van der Waals surface area contributed by atoms with Crippen LogP contribution >= 0.6 is 0 Å². The molecule has 24 heavy (non-hydrogen) atoms. The summed E-state index contributed by atoms with van der Waals surface area (Å²) in [7, 11) is 0. The summed E-state index contributed by atoms with van der Waals surface area (Å²) in [6.45, 7) is 5.67. The molecule has 1 heterocycles. The van der Waals surface area contributed by atoms with Crippen LogP contribution in [0.5, 0.6) is 0 Å². The molecule has 0 saturated carbocycles. The number of hydrogen-bond donors (Lipinski definition) is 1. The van der Waals surface area contributed by atoms with Gasteiger partial charge in [-0.1, -0.05) is 11.6 Å². The van der Waals surface area contributed by atoms with Crippen molar-refractivity contribution < 1.29 is 40.2 Å². The van der Waals surface area contributed by atoms with Gasteiger partial charge in [-0.15, -0.1) is 11.6 Å². The van der Waals surface area contributed by atoms with Crippen LogP contribution in [-0.4, -0.2) is 29.9 Å². The van der Waals surface area contributed by atoms with E-state index in [1.807, 2.05) is 20.8 Å². The van der Waals surface area contributed by atoms with Crippen molar-refractivity contribution in [3.05, 3.63) is 40.5 Å². The molecular formula is C17H20N2O4W. The molecule has 1 atom stereocenters. The number of carbonyl (C=O) groups is 3. The predicted molar refractivity (Wildman–Crippen MR) is 84.0 cm³/mol. The average Bonchev–Trinajstić information content (AvgIpc) is 2.62. The predicted octanol–water partition coefficient (Wildman–Crippen LogP) is 2.08. The fourth-order valence-corrected chi connectivity index (χ4v) is 2.27. The minimum Gasteiger partial charge on any atom is -0.699 e. The number of amides is 3.